The van der Waals surface area contributed by atoms with Crippen molar-refractivity contribution in [3.8, 4) is 11.3 Å². The average molecular weight is 380 g/mol. The quantitative estimate of drug-likeness (QED) is 0.540. The Balaban J connectivity index is 1.73. The van der Waals surface area contributed by atoms with E-state index in [1.807, 2.05) is 15.9 Å². The van der Waals surface area contributed by atoms with Gasteiger partial charge in [0.2, 0.25) is 0 Å². The molecule has 140 valence electrons. The first kappa shape index (κ1) is 17.0. The summed E-state index contributed by atoms with van der Waals surface area (Å²) in [6, 6.07) is 2.22. The molecule has 0 radical (unpaired) electrons. The molecule has 1 atom stereocenters. The molecule has 4 aromatic rings. The number of nitrogens with one attached hydrogen (secondary N) is 2. The number of hydrogen-bond acceptors (Lipinski definition) is 4. The average Bonchev–Trinajstić information content (AvgIpc) is 3.39. The van der Waals surface area contributed by atoms with Crippen LogP contribution in [0, 0.1) is 13.8 Å². The minimum absolute atomic E-state index is 0.448. The van der Waals surface area contributed by atoms with Gasteiger partial charge in [0.25, 0.3) is 0 Å². The van der Waals surface area contributed by atoms with Gasteiger partial charge in [-0.1, -0.05) is 13.8 Å². The molecular formula is C21H25N5S. The van der Waals surface area contributed by atoms with Crippen LogP contribution in [0.1, 0.15) is 53.7 Å². The van der Waals surface area contributed by atoms with E-state index in [9.17, 15) is 0 Å². The number of aryl methyl sites for hydroxylation is 2. The van der Waals surface area contributed by atoms with Crippen LogP contribution in [0.4, 0.5) is 0 Å². The van der Waals surface area contributed by atoms with E-state index in [1.165, 1.54) is 39.0 Å². The van der Waals surface area contributed by atoms with Gasteiger partial charge in [0.1, 0.15) is 11.2 Å². The third-order valence-corrected chi connectivity index (χ3v) is 7.19. The first-order valence-corrected chi connectivity index (χ1v) is 10.5. The highest BCUT2D eigenvalue weighted by Crippen LogP contribution is 2.44. The lowest BCUT2D eigenvalue weighted by Crippen LogP contribution is -2.07. The lowest BCUT2D eigenvalue weighted by atomic mass is 9.94. The molecule has 5 nitrogen and oxygen atoms in total. The van der Waals surface area contributed by atoms with Crippen LogP contribution in [-0.2, 0) is 0 Å². The maximum absolute atomic E-state index is 4.35. The van der Waals surface area contributed by atoms with Gasteiger partial charge in [-0.05, 0) is 55.5 Å². The largest absolute Gasteiger partial charge is 0.346 e. The number of pyridine rings is 1. The second-order valence-corrected chi connectivity index (χ2v) is 9.05. The molecule has 1 saturated heterocycles. The Hall–Kier alpha value is -2.18. The first-order valence-electron chi connectivity index (χ1n) is 9.70. The number of hydrogen-bond donors (Lipinski definition) is 2. The second kappa shape index (κ2) is 6.17. The number of H-pyrrole nitrogens is 1. The lowest BCUT2D eigenvalue weighted by molar-refractivity contribution is 0.774. The first-order chi connectivity index (χ1) is 13.0. The van der Waals surface area contributed by atoms with Crippen molar-refractivity contribution in [2.75, 3.05) is 13.1 Å². The number of aromatic amines is 1. The van der Waals surface area contributed by atoms with Gasteiger partial charge in [0.15, 0.2) is 5.65 Å². The van der Waals surface area contributed by atoms with Crippen LogP contribution in [0.15, 0.2) is 18.6 Å². The van der Waals surface area contributed by atoms with Gasteiger partial charge in [-0.15, -0.1) is 11.3 Å². The van der Waals surface area contributed by atoms with Crippen LogP contribution in [0.25, 0.3) is 27.1 Å². The molecule has 1 unspecified atom stereocenters. The molecule has 1 aliphatic heterocycles. The topological polar surface area (TPSA) is 58.0 Å². The molecule has 1 aliphatic rings. The zero-order chi connectivity index (χ0) is 18.7. The van der Waals surface area contributed by atoms with Crippen molar-refractivity contribution in [1.82, 2.24) is 24.9 Å². The van der Waals surface area contributed by atoms with E-state index in [0.29, 0.717) is 11.8 Å². The van der Waals surface area contributed by atoms with Gasteiger partial charge in [0.05, 0.1) is 5.69 Å². The molecule has 0 spiro atoms. The molecule has 4 aromatic heterocycles. The summed E-state index contributed by atoms with van der Waals surface area (Å²) < 4.78 is 1.88. The molecular weight excluding hydrogens is 354 g/mol. The summed E-state index contributed by atoms with van der Waals surface area (Å²) in [6.07, 6.45) is 4.96. The summed E-state index contributed by atoms with van der Waals surface area (Å²) in [5, 5.41) is 9.30. The van der Waals surface area contributed by atoms with E-state index in [1.54, 1.807) is 11.2 Å². The highest BCUT2D eigenvalue weighted by Gasteiger charge is 2.26. The number of nitrogens with zero attached hydrogens (tertiary/aromatic N) is 3. The number of thiophene rings is 1. The van der Waals surface area contributed by atoms with E-state index < -0.39 is 0 Å². The smallest absolute Gasteiger partial charge is 0.158 e. The molecule has 0 bridgehead atoms. The Morgan fingerprint density at radius 1 is 1.30 bits per heavy atom. The number of rotatable bonds is 3. The van der Waals surface area contributed by atoms with Crippen molar-refractivity contribution in [2.45, 2.75) is 46.0 Å². The van der Waals surface area contributed by atoms with Gasteiger partial charge < -0.3 is 10.3 Å². The highest BCUT2D eigenvalue weighted by atomic mass is 32.1. The predicted molar refractivity (Wildman–Crippen MR) is 112 cm³/mol. The molecule has 0 saturated carbocycles. The van der Waals surface area contributed by atoms with Crippen molar-refractivity contribution >= 4 is 27.2 Å². The van der Waals surface area contributed by atoms with Gasteiger partial charge >= 0.3 is 0 Å². The fraction of sp³-hybridized carbons (Fsp3) is 0.429. The highest BCUT2D eigenvalue weighted by molar-refractivity contribution is 7.19. The van der Waals surface area contributed by atoms with Crippen molar-refractivity contribution < 1.29 is 0 Å². The minimum atomic E-state index is 0.448. The summed E-state index contributed by atoms with van der Waals surface area (Å²) in [7, 11) is 0. The predicted octanol–water partition coefficient (Wildman–Crippen LogP) is 4.76. The van der Waals surface area contributed by atoms with Gasteiger partial charge in [-0.2, -0.15) is 5.10 Å². The van der Waals surface area contributed by atoms with Crippen molar-refractivity contribution in [3.05, 3.63) is 40.2 Å². The van der Waals surface area contributed by atoms with Gasteiger partial charge in [-0.3, -0.25) is 0 Å². The molecule has 5 heterocycles. The maximum atomic E-state index is 4.35. The van der Waals surface area contributed by atoms with Crippen LogP contribution in [-0.4, -0.2) is 32.7 Å². The molecule has 0 amide bonds. The zero-order valence-electron chi connectivity index (χ0n) is 16.3. The molecule has 6 heteroatoms. The molecule has 0 aliphatic carbocycles. The normalized spacial score (nSPS) is 17.7. The second-order valence-electron chi connectivity index (χ2n) is 7.99. The Labute approximate surface area is 162 Å². The Bertz CT molecular complexity index is 1140. The van der Waals surface area contributed by atoms with Crippen LogP contribution < -0.4 is 5.32 Å². The monoisotopic (exact) mass is 379 g/mol. The summed E-state index contributed by atoms with van der Waals surface area (Å²) in [5.74, 6) is 1.11. The summed E-state index contributed by atoms with van der Waals surface area (Å²) >= 11 is 1.95. The Morgan fingerprint density at radius 3 is 2.89 bits per heavy atom. The van der Waals surface area contributed by atoms with E-state index in [-0.39, 0.29) is 0 Å². The van der Waals surface area contributed by atoms with Crippen molar-refractivity contribution in [1.29, 1.82) is 0 Å². The SMILES string of the molecule is Cc1c(C2CCNC2)sc2[nH]c(-c3cc(C)c4ncnn4c3)c(C(C)C)c12. The minimum Gasteiger partial charge on any atom is -0.346 e. The lowest BCUT2D eigenvalue weighted by Gasteiger charge is -2.12. The summed E-state index contributed by atoms with van der Waals surface area (Å²) in [5.41, 5.74) is 7.37. The Kier molecular flexibility index (Phi) is 3.88. The van der Waals surface area contributed by atoms with Crippen LogP contribution in [0.3, 0.4) is 0 Å². The van der Waals surface area contributed by atoms with Crippen LogP contribution in [0.5, 0.6) is 0 Å². The standard InChI is InChI=1S/C21H25N5S/c1-11(2)16-17-13(4)19(14-5-6-22-8-14)27-21(17)25-18(16)15-7-12(3)20-23-10-24-26(20)9-15/h7,9-11,14,22,25H,5-6,8H2,1-4H3. The van der Waals surface area contributed by atoms with Crippen LogP contribution in [0.2, 0.25) is 0 Å². The van der Waals surface area contributed by atoms with Crippen molar-refractivity contribution in [3.63, 3.8) is 0 Å². The number of fused-ring (bicyclic) bond motifs is 2. The van der Waals surface area contributed by atoms with E-state index >= 15 is 0 Å². The van der Waals surface area contributed by atoms with Gasteiger partial charge in [-0.25, -0.2) is 9.50 Å². The van der Waals surface area contributed by atoms with Crippen molar-refractivity contribution in [2.24, 2.45) is 0 Å². The van der Waals surface area contributed by atoms with Crippen LogP contribution >= 0.6 is 11.3 Å². The third kappa shape index (κ3) is 2.54. The molecule has 2 N–H and O–H groups in total. The molecule has 27 heavy (non-hydrogen) atoms. The molecule has 5 rings (SSSR count). The Morgan fingerprint density at radius 2 is 2.15 bits per heavy atom. The fourth-order valence-electron chi connectivity index (χ4n) is 4.55. The molecule has 1 fully saturated rings. The van der Waals surface area contributed by atoms with Gasteiger partial charge in [0, 0.05) is 34.5 Å². The summed E-state index contributed by atoms with van der Waals surface area (Å²) in [4.78, 5) is 11.0. The van der Waals surface area contributed by atoms with E-state index in [2.05, 4.69) is 60.3 Å². The van der Waals surface area contributed by atoms with E-state index in [0.717, 1.165) is 24.3 Å². The third-order valence-electron chi connectivity index (χ3n) is 5.82. The maximum Gasteiger partial charge on any atom is 0.158 e. The zero-order valence-corrected chi connectivity index (χ0v) is 17.1. The number of aromatic nitrogens is 4. The fourth-order valence-corrected chi connectivity index (χ4v) is 5.91. The van der Waals surface area contributed by atoms with E-state index in [4.69, 9.17) is 0 Å². The summed E-state index contributed by atoms with van der Waals surface area (Å²) in [6.45, 7) is 11.2. The molecule has 0 aromatic carbocycles.